The Morgan fingerprint density at radius 3 is 2.26 bits per heavy atom. The maximum absolute atomic E-state index is 13.3. The predicted molar refractivity (Wildman–Crippen MR) is 155 cm³/mol. The summed E-state index contributed by atoms with van der Waals surface area (Å²) in [7, 11) is 7.85. The van der Waals surface area contributed by atoms with Crippen molar-refractivity contribution < 1.29 is 19.4 Å². The lowest BCUT2D eigenvalue weighted by Gasteiger charge is -2.26. The van der Waals surface area contributed by atoms with Crippen molar-refractivity contribution in [2.24, 2.45) is 0 Å². The van der Waals surface area contributed by atoms with Gasteiger partial charge in [0.05, 0.1) is 11.6 Å². The van der Waals surface area contributed by atoms with Crippen LogP contribution >= 0.6 is 0 Å². The van der Waals surface area contributed by atoms with Crippen LogP contribution in [0.2, 0.25) is 0 Å². The molecule has 0 spiro atoms. The molecule has 0 aromatic heterocycles. The van der Waals surface area contributed by atoms with Gasteiger partial charge in [-0.05, 0) is 81.5 Å². The SMILES string of the molecule is Cc1cccc(COc2ccc(/C(O)=C3\C(=O)C(=O)N(CCCN(C)C)[C@@H]3c3ccc(N(C)C)cc3)cc2)c1. The zero-order chi connectivity index (χ0) is 28.1. The quantitative estimate of drug-likeness (QED) is 0.227. The molecule has 1 atom stereocenters. The van der Waals surface area contributed by atoms with Gasteiger partial charge in [-0.2, -0.15) is 0 Å². The number of anilines is 1. The highest BCUT2D eigenvalue weighted by Crippen LogP contribution is 2.40. The Morgan fingerprint density at radius 2 is 1.64 bits per heavy atom. The van der Waals surface area contributed by atoms with E-state index < -0.39 is 17.7 Å². The molecule has 0 aliphatic carbocycles. The van der Waals surface area contributed by atoms with Gasteiger partial charge in [-0.15, -0.1) is 0 Å². The zero-order valence-corrected chi connectivity index (χ0v) is 23.3. The number of hydrogen-bond acceptors (Lipinski definition) is 6. The van der Waals surface area contributed by atoms with Gasteiger partial charge in [-0.1, -0.05) is 42.0 Å². The standard InChI is InChI=1S/C32H37N3O4/c1-22-8-6-9-23(20-22)21-39-27-16-12-25(13-17-27)30(36)28-29(24-10-14-26(15-11-24)34(4)5)35(32(38)31(28)37)19-7-18-33(2)3/h6,8-17,20,29,36H,7,18-19,21H2,1-5H3/b30-28+/t29-/m1/s1. The number of nitrogens with zero attached hydrogens (tertiary/aromatic N) is 3. The molecule has 1 fully saturated rings. The maximum Gasteiger partial charge on any atom is 0.295 e. The Labute approximate surface area is 230 Å². The molecule has 1 aliphatic rings. The first kappa shape index (κ1) is 27.9. The van der Waals surface area contributed by atoms with Crippen molar-refractivity contribution in [2.45, 2.75) is 26.0 Å². The number of carbonyl (C=O) groups is 2. The van der Waals surface area contributed by atoms with Crippen molar-refractivity contribution in [1.29, 1.82) is 0 Å². The highest BCUT2D eigenvalue weighted by atomic mass is 16.5. The summed E-state index contributed by atoms with van der Waals surface area (Å²) in [5.74, 6) is -0.794. The van der Waals surface area contributed by atoms with Crippen LogP contribution in [0.5, 0.6) is 5.75 Å². The summed E-state index contributed by atoms with van der Waals surface area (Å²) in [5.41, 5.74) is 4.58. The number of likely N-dealkylation sites (tertiary alicyclic amines) is 1. The average Bonchev–Trinajstić information content (AvgIpc) is 3.17. The first-order valence-corrected chi connectivity index (χ1v) is 13.1. The first-order valence-electron chi connectivity index (χ1n) is 13.1. The Bertz CT molecular complexity index is 1340. The highest BCUT2D eigenvalue weighted by molar-refractivity contribution is 6.46. The van der Waals surface area contributed by atoms with Gasteiger partial charge < -0.3 is 24.5 Å². The van der Waals surface area contributed by atoms with Crippen molar-refractivity contribution in [3.8, 4) is 5.75 Å². The van der Waals surface area contributed by atoms with Crippen LogP contribution < -0.4 is 9.64 Å². The number of amides is 1. The molecular formula is C32H37N3O4. The van der Waals surface area contributed by atoms with Gasteiger partial charge in [-0.3, -0.25) is 9.59 Å². The molecule has 1 heterocycles. The topological polar surface area (TPSA) is 73.3 Å². The summed E-state index contributed by atoms with van der Waals surface area (Å²) < 4.78 is 5.91. The third-order valence-electron chi connectivity index (χ3n) is 6.89. The van der Waals surface area contributed by atoms with E-state index in [1.807, 2.05) is 87.4 Å². The summed E-state index contributed by atoms with van der Waals surface area (Å²) in [6.07, 6.45) is 0.708. The van der Waals surface area contributed by atoms with Crippen LogP contribution in [-0.4, -0.2) is 67.9 Å². The molecule has 204 valence electrons. The van der Waals surface area contributed by atoms with Gasteiger partial charge in [0, 0.05) is 31.9 Å². The van der Waals surface area contributed by atoms with Crippen molar-refractivity contribution in [1.82, 2.24) is 9.80 Å². The molecule has 0 saturated carbocycles. The minimum absolute atomic E-state index is 0.107. The third-order valence-corrected chi connectivity index (χ3v) is 6.89. The van der Waals surface area contributed by atoms with Crippen LogP contribution in [0.1, 0.15) is 34.7 Å². The van der Waals surface area contributed by atoms with E-state index in [2.05, 4.69) is 6.07 Å². The van der Waals surface area contributed by atoms with Gasteiger partial charge in [0.1, 0.15) is 18.1 Å². The third kappa shape index (κ3) is 6.49. The molecular weight excluding hydrogens is 490 g/mol. The molecule has 3 aromatic rings. The number of benzene rings is 3. The Balaban J connectivity index is 1.64. The molecule has 1 aliphatic heterocycles. The van der Waals surface area contributed by atoms with Crippen LogP contribution in [0.25, 0.3) is 5.76 Å². The van der Waals surface area contributed by atoms with E-state index in [0.717, 1.165) is 23.4 Å². The molecule has 1 N–H and O–H groups in total. The van der Waals surface area contributed by atoms with Gasteiger partial charge in [0.2, 0.25) is 0 Å². The average molecular weight is 528 g/mol. The number of Topliss-reactive ketones (excluding diaryl/α,β-unsaturated/α-hetero) is 1. The first-order chi connectivity index (χ1) is 18.7. The van der Waals surface area contributed by atoms with Gasteiger partial charge in [0.25, 0.3) is 11.7 Å². The fourth-order valence-corrected chi connectivity index (χ4v) is 4.80. The number of carbonyl (C=O) groups excluding carboxylic acids is 2. The van der Waals surface area contributed by atoms with Crippen LogP contribution in [0.15, 0.2) is 78.4 Å². The Kier molecular flexibility index (Phi) is 8.72. The highest BCUT2D eigenvalue weighted by Gasteiger charge is 2.45. The summed E-state index contributed by atoms with van der Waals surface area (Å²) >= 11 is 0. The number of aryl methyl sites for hydroxylation is 1. The molecule has 3 aromatic carbocycles. The molecule has 0 bridgehead atoms. The van der Waals surface area contributed by atoms with Crippen molar-refractivity contribution in [3.63, 3.8) is 0 Å². The zero-order valence-electron chi connectivity index (χ0n) is 23.3. The van der Waals surface area contributed by atoms with Crippen LogP contribution in [0, 0.1) is 6.92 Å². The number of hydrogen-bond donors (Lipinski definition) is 1. The monoisotopic (exact) mass is 527 g/mol. The minimum Gasteiger partial charge on any atom is -0.507 e. The molecule has 0 radical (unpaired) electrons. The largest absolute Gasteiger partial charge is 0.507 e. The van der Waals surface area contributed by atoms with Crippen LogP contribution in [0.4, 0.5) is 5.69 Å². The molecule has 39 heavy (non-hydrogen) atoms. The lowest BCUT2D eigenvalue weighted by Crippen LogP contribution is -2.32. The lowest BCUT2D eigenvalue weighted by molar-refractivity contribution is -0.139. The normalized spacial score (nSPS) is 16.7. The second-order valence-electron chi connectivity index (χ2n) is 10.4. The van der Waals surface area contributed by atoms with E-state index in [0.29, 0.717) is 30.9 Å². The van der Waals surface area contributed by atoms with Crippen molar-refractivity contribution in [2.75, 3.05) is 46.2 Å². The number of rotatable bonds is 10. The molecule has 7 nitrogen and oxygen atoms in total. The maximum atomic E-state index is 13.3. The predicted octanol–water partition coefficient (Wildman–Crippen LogP) is 5.01. The summed E-state index contributed by atoms with van der Waals surface area (Å²) in [6, 6.07) is 22.1. The van der Waals surface area contributed by atoms with E-state index >= 15 is 0 Å². The van der Waals surface area contributed by atoms with Crippen molar-refractivity contribution in [3.05, 3.63) is 101 Å². The molecule has 7 heteroatoms. The van der Waals surface area contributed by atoms with Crippen LogP contribution in [-0.2, 0) is 16.2 Å². The summed E-state index contributed by atoms with van der Waals surface area (Å²) in [6.45, 7) is 3.65. The summed E-state index contributed by atoms with van der Waals surface area (Å²) in [4.78, 5) is 32.1. The van der Waals surface area contributed by atoms with Gasteiger partial charge in [-0.25, -0.2) is 0 Å². The smallest absolute Gasteiger partial charge is 0.295 e. The Hall–Kier alpha value is -4.10. The van der Waals surface area contributed by atoms with E-state index in [4.69, 9.17) is 4.74 Å². The molecule has 1 amide bonds. The summed E-state index contributed by atoms with van der Waals surface area (Å²) in [5, 5.41) is 11.4. The molecule has 0 unspecified atom stereocenters. The molecule has 1 saturated heterocycles. The molecule has 4 rings (SSSR count). The Morgan fingerprint density at radius 1 is 0.949 bits per heavy atom. The number of ketones is 1. The second-order valence-corrected chi connectivity index (χ2v) is 10.4. The van der Waals surface area contributed by atoms with Crippen molar-refractivity contribution >= 4 is 23.1 Å². The number of aliphatic hydroxyl groups is 1. The van der Waals surface area contributed by atoms with Crippen LogP contribution in [0.3, 0.4) is 0 Å². The van der Waals surface area contributed by atoms with E-state index in [1.54, 1.807) is 29.2 Å². The van der Waals surface area contributed by atoms with E-state index in [9.17, 15) is 14.7 Å². The van der Waals surface area contributed by atoms with E-state index in [1.165, 1.54) is 5.56 Å². The fraction of sp³-hybridized carbons (Fsp3) is 0.312. The fourth-order valence-electron chi connectivity index (χ4n) is 4.80. The minimum atomic E-state index is -0.668. The number of aliphatic hydroxyl groups excluding tert-OH is 1. The van der Waals surface area contributed by atoms with Gasteiger partial charge >= 0.3 is 0 Å². The van der Waals surface area contributed by atoms with E-state index in [-0.39, 0.29) is 11.3 Å². The lowest BCUT2D eigenvalue weighted by atomic mass is 9.95. The van der Waals surface area contributed by atoms with Gasteiger partial charge in [0.15, 0.2) is 0 Å². The second kappa shape index (κ2) is 12.2. The number of ether oxygens (including phenoxy) is 1.